The van der Waals surface area contributed by atoms with Crippen LogP contribution in [0.5, 0.6) is 5.75 Å². The lowest BCUT2D eigenvalue weighted by atomic mass is 9.74. The first-order valence-corrected chi connectivity index (χ1v) is 8.12. The highest BCUT2D eigenvalue weighted by molar-refractivity contribution is 5.84. The zero-order chi connectivity index (χ0) is 14.9. The molecule has 0 amide bonds. The summed E-state index contributed by atoms with van der Waals surface area (Å²) in [5.74, 6) is 0.107. The highest BCUT2D eigenvalue weighted by Crippen LogP contribution is 2.48. The van der Waals surface area contributed by atoms with Crippen molar-refractivity contribution in [3.8, 4) is 5.75 Å². The van der Waals surface area contributed by atoms with E-state index in [0.717, 1.165) is 56.3 Å². The van der Waals surface area contributed by atoms with Crippen molar-refractivity contribution in [3.05, 3.63) is 28.8 Å². The van der Waals surface area contributed by atoms with Crippen LogP contribution in [-0.4, -0.2) is 18.2 Å². The Balaban J connectivity index is 2.21. The molecule has 114 valence electrons. The number of aryl methyl sites for hydroxylation is 1. The molecule has 2 aliphatic rings. The van der Waals surface area contributed by atoms with Crippen LogP contribution < -0.4 is 4.74 Å². The van der Waals surface area contributed by atoms with E-state index in [1.54, 1.807) is 7.11 Å². The Morgan fingerprint density at radius 3 is 2.48 bits per heavy atom. The number of methoxy groups -OCH3 is 1. The summed E-state index contributed by atoms with van der Waals surface area (Å²) >= 11 is 0. The molecule has 1 aromatic rings. The molecular weight excluding hydrogens is 264 g/mol. The van der Waals surface area contributed by atoms with Crippen LogP contribution in [0.4, 0.5) is 0 Å². The third kappa shape index (κ3) is 2.33. The number of fused-ring (bicyclic) bond motifs is 1. The zero-order valence-corrected chi connectivity index (χ0v) is 12.8. The average Bonchev–Trinajstić information content (AvgIpc) is 2.86. The molecule has 0 saturated heterocycles. The van der Waals surface area contributed by atoms with E-state index in [1.165, 1.54) is 24.0 Å². The predicted octanol–water partition coefficient (Wildman–Crippen LogP) is 3.86. The third-order valence-electron chi connectivity index (χ3n) is 5.31. The van der Waals surface area contributed by atoms with Gasteiger partial charge < -0.3 is 9.84 Å². The molecule has 21 heavy (non-hydrogen) atoms. The largest absolute Gasteiger partial charge is 0.496 e. The molecule has 1 fully saturated rings. The first kappa shape index (κ1) is 14.4. The molecule has 2 aliphatic carbocycles. The second-order valence-electron chi connectivity index (χ2n) is 6.44. The van der Waals surface area contributed by atoms with Crippen molar-refractivity contribution >= 4 is 5.97 Å². The fraction of sp³-hybridized carbons (Fsp3) is 0.611. The van der Waals surface area contributed by atoms with E-state index < -0.39 is 11.4 Å². The van der Waals surface area contributed by atoms with Gasteiger partial charge in [0.05, 0.1) is 12.5 Å². The van der Waals surface area contributed by atoms with E-state index in [0.29, 0.717) is 0 Å². The van der Waals surface area contributed by atoms with Crippen molar-refractivity contribution in [2.75, 3.05) is 7.11 Å². The minimum atomic E-state index is -0.721. The molecule has 3 nitrogen and oxygen atoms in total. The fourth-order valence-electron chi connectivity index (χ4n) is 4.23. The second-order valence-corrected chi connectivity index (χ2v) is 6.44. The van der Waals surface area contributed by atoms with E-state index in [1.807, 2.05) is 6.07 Å². The standard InChI is InChI=1S/C18H24O3/c1-21-15-10-9-13-7-3-2-4-8-14(13)16(15)18(17(19)20)11-5-6-12-18/h9-10H,2-8,11-12H2,1H3,(H,19,20). The van der Waals surface area contributed by atoms with E-state index >= 15 is 0 Å². The number of rotatable bonds is 3. The summed E-state index contributed by atoms with van der Waals surface area (Å²) in [4.78, 5) is 12.1. The molecule has 0 radical (unpaired) electrons. The van der Waals surface area contributed by atoms with Gasteiger partial charge >= 0.3 is 5.97 Å². The van der Waals surface area contributed by atoms with Gasteiger partial charge in [0.25, 0.3) is 0 Å². The second kappa shape index (κ2) is 5.70. The van der Waals surface area contributed by atoms with E-state index in [2.05, 4.69) is 6.07 Å². The monoisotopic (exact) mass is 288 g/mol. The van der Waals surface area contributed by atoms with Crippen LogP contribution in [0.25, 0.3) is 0 Å². The number of aliphatic carboxylic acids is 1. The maximum Gasteiger partial charge on any atom is 0.314 e. The van der Waals surface area contributed by atoms with Crippen LogP contribution in [0.15, 0.2) is 12.1 Å². The topological polar surface area (TPSA) is 46.5 Å². The van der Waals surface area contributed by atoms with E-state index in [-0.39, 0.29) is 0 Å². The van der Waals surface area contributed by atoms with Gasteiger partial charge in [-0.15, -0.1) is 0 Å². The van der Waals surface area contributed by atoms with Gasteiger partial charge in [-0.2, -0.15) is 0 Å². The fourth-order valence-corrected chi connectivity index (χ4v) is 4.23. The van der Waals surface area contributed by atoms with Crippen LogP contribution in [0.3, 0.4) is 0 Å². The average molecular weight is 288 g/mol. The lowest BCUT2D eigenvalue weighted by Gasteiger charge is -2.30. The SMILES string of the molecule is COc1ccc2c(c1C1(C(=O)O)CCCC1)CCCCC2. The first-order valence-electron chi connectivity index (χ1n) is 8.12. The number of carboxylic acid groups (broad SMARTS) is 1. The maximum atomic E-state index is 12.1. The summed E-state index contributed by atoms with van der Waals surface area (Å²) in [6.07, 6.45) is 9.15. The van der Waals surface area contributed by atoms with Gasteiger partial charge in [-0.1, -0.05) is 25.3 Å². The van der Waals surface area contributed by atoms with E-state index in [9.17, 15) is 9.90 Å². The Bertz CT molecular complexity index is 542. The molecule has 0 atom stereocenters. The molecule has 0 aliphatic heterocycles. The Morgan fingerprint density at radius 2 is 1.81 bits per heavy atom. The maximum absolute atomic E-state index is 12.1. The summed E-state index contributed by atoms with van der Waals surface area (Å²) in [5.41, 5.74) is 2.89. The molecule has 0 unspecified atom stereocenters. The van der Waals surface area contributed by atoms with Crippen LogP contribution >= 0.6 is 0 Å². The number of hydrogen-bond acceptors (Lipinski definition) is 2. The highest BCUT2D eigenvalue weighted by atomic mass is 16.5. The zero-order valence-electron chi connectivity index (χ0n) is 12.8. The normalized spacial score (nSPS) is 20.6. The predicted molar refractivity (Wildman–Crippen MR) is 82.0 cm³/mol. The lowest BCUT2D eigenvalue weighted by molar-refractivity contribution is -0.143. The van der Waals surface area contributed by atoms with Crippen molar-refractivity contribution in [1.82, 2.24) is 0 Å². The van der Waals surface area contributed by atoms with Crippen LogP contribution in [0, 0.1) is 0 Å². The number of hydrogen-bond donors (Lipinski definition) is 1. The van der Waals surface area contributed by atoms with Crippen molar-refractivity contribution in [2.24, 2.45) is 0 Å². The minimum Gasteiger partial charge on any atom is -0.496 e. The molecule has 0 aromatic heterocycles. The quantitative estimate of drug-likeness (QED) is 0.859. The number of benzene rings is 1. The Kier molecular flexibility index (Phi) is 3.92. The molecule has 0 heterocycles. The first-order chi connectivity index (χ1) is 10.2. The van der Waals surface area contributed by atoms with Gasteiger partial charge in [0.1, 0.15) is 5.75 Å². The van der Waals surface area contributed by atoms with Crippen molar-refractivity contribution in [1.29, 1.82) is 0 Å². The summed E-state index contributed by atoms with van der Waals surface area (Å²) in [7, 11) is 1.66. The summed E-state index contributed by atoms with van der Waals surface area (Å²) in [6, 6.07) is 4.13. The van der Waals surface area contributed by atoms with Crippen LogP contribution in [0.1, 0.15) is 61.6 Å². The van der Waals surface area contributed by atoms with Gasteiger partial charge in [0.2, 0.25) is 0 Å². The van der Waals surface area contributed by atoms with Gasteiger partial charge in [0, 0.05) is 5.56 Å². The molecule has 1 aromatic carbocycles. The number of carbonyl (C=O) groups is 1. The smallest absolute Gasteiger partial charge is 0.314 e. The van der Waals surface area contributed by atoms with Gasteiger partial charge in [-0.05, 0) is 55.7 Å². The van der Waals surface area contributed by atoms with Gasteiger partial charge in [0.15, 0.2) is 0 Å². The minimum absolute atomic E-state index is 0.670. The number of carboxylic acids is 1. The Morgan fingerprint density at radius 1 is 1.10 bits per heavy atom. The van der Waals surface area contributed by atoms with Crippen molar-refractivity contribution in [3.63, 3.8) is 0 Å². The molecule has 3 rings (SSSR count). The summed E-state index contributed by atoms with van der Waals surface area (Å²) in [5, 5.41) is 9.95. The van der Waals surface area contributed by atoms with Crippen molar-refractivity contribution < 1.29 is 14.6 Å². The molecule has 0 bridgehead atoms. The Hall–Kier alpha value is -1.51. The molecule has 3 heteroatoms. The van der Waals surface area contributed by atoms with Crippen molar-refractivity contribution in [2.45, 2.75) is 63.2 Å². The van der Waals surface area contributed by atoms with E-state index in [4.69, 9.17) is 4.74 Å². The van der Waals surface area contributed by atoms with Crippen LogP contribution in [0.2, 0.25) is 0 Å². The molecule has 1 N–H and O–H groups in total. The van der Waals surface area contributed by atoms with Crippen LogP contribution in [-0.2, 0) is 23.1 Å². The highest BCUT2D eigenvalue weighted by Gasteiger charge is 2.46. The summed E-state index contributed by atoms with van der Waals surface area (Å²) in [6.45, 7) is 0. The van der Waals surface area contributed by atoms with Gasteiger partial charge in [-0.25, -0.2) is 0 Å². The molecule has 1 saturated carbocycles. The lowest BCUT2D eigenvalue weighted by Crippen LogP contribution is -2.34. The van der Waals surface area contributed by atoms with Gasteiger partial charge in [-0.3, -0.25) is 4.79 Å². The summed E-state index contributed by atoms with van der Waals surface area (Å²) < 4.78 is 5.58. The number of ether oxygens (including phenoxy) is 1. The Labute approximate surface area is 126 Å². The molecular formula is C18H24O3. The molecule has 0 spiro atoms. The third-order valence-corrected chi connectivity index (χ3v) is 5.31.